The largest absolute Gasteiger partial charge is 0.394 e. The maximum absolute atomic E-state index is 9.18. The monoisotopic (exact) mass is 146 g/mol. The molecule has 0 aliphatic carbocycles. The van der Waals surface area contributed by atoms with Crippen LogP contribution in [0.4, 0.5) is 0 Å². The molecule has 3 atom stereocenters. The van der Waals surface area contributed by atoms with E-state index in [1.54, 1.807) is 0 Å². The van der Waals surface area contributed by atoms with E-state index in [1.165, 1.54) is 0 Å². The zero-order chi connectivity index (χ0) is 7.56. The van der Waals surface area contributed by atoms with Crippen molar-refractivity contribution in [3.63, 3.8) is 0 Å². The van der Waals surface area contributed by atoms with Gasteiger partial charge in [-0.25, -0.2) is 0 Å². The van der Waals surface area contributed by atoms with E-state index < -0.39 is 0 Å². The third kappa shape index (κ3) is 1.68. The average Bonchev–Trinajstić information content (AvgIpc) is 1.95. The molecule has 2 N–H and O–H groups in total. The molecule has 1 heterocycles. The van der Waals surface area contributed by atoms with Crippen LogP contribution in [-0.2, 0) is 4.74 Å². The maximum atomic E-state index is 9.18. The van der Waals surface area contributed by atoms with Gasteiger partial charge in [-0.15, -0.1) is 0 Å². The summed E-state index contributed by atoms with van der Waals surface area (Å²) in [6.07, 6.45) is 0.360. The summed E-state index contributed by atoms with van der Waals surface area (Å²) >= 11 is 0. The van der Waals surface area contributed by atoms with Gasteiger partial charge in [-0.05, 0) is 12.3 Å². The Morgan fingerprint density at radius 3 is 2.80 bits per heavy atom. The van der Waals surface area contributed by atoms with Gasteiger partial charge in [-0.3, -0.25) is 0 Å². The highest BCUT2D eigenvalue weighted by Crippen LogP contribution is 2.19. The lowest BCUT2D eigenvalue weighted by Crippen LogP contribution is -2.37. The number of hydrogen-bond acceptors (Lipinski definition) is 3. The molecule has 3 heteroatoms. The van der Waals surface area contributed by atoms with E-state index in [9.17, 15) is 5.11 Å². The minimum absolute atomic E-state index is 0.0570. The molecule has 60 valence electrons. The quantitative estimate of drug-likeness (QED) is 0.537. The molecule has 1 saturated heterocycles. The van der Waals surface area contributed by atoms with Gasteiger partial charge < -0.3 is 14.9 Å². The molecule has 1 rings (SSSR count). The predicted molar refractivity (Wildman–Crippen MR) is 36.6 cm³/mol. The van der Waals surface area contributed by atoms with Gasteiger partial charge in [0.2, 0.25) is 0 Å². The normalized spacial score (nSPS) is 41.7. The van der Waals surface area contributed by atoms with E-state index in [2.05, 4.69) is 0 Å². The molecule has 1 aliphatic rings. The average molecular weight is 146 g/mol. The Balaban J connectivity index is 2.33. The van der Waals surface area contributed by atoms with Crippen LogP contribution in [0.3, 0.4) is 0 Å². The van der Waals surface area contributed by atoms with E-state index in [4.69, 9.17) is 9.84 Å². The molecule has 10 heavy (non-hydrogen) atoms. The molecule has 0 spiro atoms. The van der Waals surface area contributed by atoms with Crippen LogP contribution in [0.15, 0.2) is 0 Å². The van der Waals surface area contributed by atoms with Gasteiger partial charge in [0.25, 0.3) is 0 Å². The van der Waals surface area contributed by atoms with Crippen molar-refractivity contribution in [3.05, 3.63) is 0 Å². The smallest absolute Gasteiger partial charge is 0.0810 e. The van der Waals surface area contributed by atoms with E-state index in [-0.39, 0.29) is 24.7 Å². The molecule has 0 saturated carbocycles. The van der Waals surface area contributed by atoms with Gasteiger partial charge in [0.05, 0.1) is 25.4 Å². The number of aliphatic hydroxyl groups is 2. The summed E-state index contributed by atoms with van der Waals surface area (Å²) in [5.74, 6) is 0.255. The first-order chi connectivity index (χ1) is 4.74. The third-order valence-electron chi connectivity index (χ3n) is 2.00. The topological polar surface area (TPSA) is 49.7 Å². The van der Waals surface area contributed by atoms with Crippen LogP contribution >= 0.6 is 0 Å². The van der Waals surface area contributed by atoms with Crippen LogP contribution in [0, 0.1) is 5.92 Å². The molecule has 0 bridgehead atoms. The molecule has 3 nitrogen and oxygen atoms in total. The Hall–Kier alpha value is -0.120. The Labute approximate surface area is 60.6 Å². The van der Waals surface area contributed by atoms with Crippen molar-refractivity contribution in [2.24, 2.45) is 5.92 Å². The number of ether oxygens (including phenoxy) is 1. The van der Waals surface area contributed by atoms with E-state index >= 15 is 0 Å². The molecule has 1 fully saturated rings. The van der Waals surface area contributed by atoms with Gasteiger partial charge in [-0.1, -0.05) is 6.92 Å². The minimum Gasteiger partial charge on any atom is -0.394 e. The summed E-state index contributed by atoms with van der Waals surface area (Å²) in [6, 6.07) is 0. The van der Waals surface area contributed by atoms with Gasteiger partial charge in [-0.2, -0.15) is 0 Å². The van der Waals surface area contributed by atoms with Crippen LogP contribution in [0.1, 0.15) is 13.3 Å². The summed E-state index contributed by atoms with van der Waals surface area (Å²) < 4.78 is 5.11. The zero-order valence-corrected chi connectivity index (χ0v) is 6.16. The van der Waals surface area contributed by atoms with Crippen molar-refractivity contribution in [2.45, 2.75) is 25.6 Å². The number of aliphatic hydroxyl groups excluding tert-OH is 2. The van der Waals surface area contributed by atoms with Gasteiger partial charge in [0.15, 0.2) is 0 Å². The fourth-order valence-corrected chi connectivity index (χ4v) is 1.17. The highest BCUT2D eigenvalue weighted by atomic mass is 16.5. The number of hydrogen-bond donors (Lipinski definition) is 2. The summed E-state index contributed by atoms with van der Waals surface area (Å²) in [5, 5.41) is 17.9. The maximum Gasteiger partial charge on any atom is 0.0810 e. The van der Waals surface area contributed by atoms with E-state index in [0.29, 0.717) is 6.61 Å². The second-order valence-corrected chi connectivity index (χ2v) is 2.92. The van der Waals surface area contributed by atoms with Crippen molar-refractivity contribution < 1.29 is 14.9 Å². The molecule has 1 unspecified atom stereocenters. The van der Waals surface area contributed by atoms with Crippen molar-refractivity contribution in [3.8, 4) is 0 Å². The lowest BCUT2D eigenvalue weighted by molar-refractivity contribution is -0.0984. The van der Waals surface area contributed by atoms with Crippen LogP contribution in [0.25, 0.3) is 0 Å². The van der Waals surface area contributed by atoms with Crippen molar-refractivity contribution >= 4 is 0 Å². The van der Waals surface area contributed by atoms with Crippen LogP contribution in [0.2, 0.25) is 0 Å². The Morgan fingerprint density at radius 2 is 2.30 bits per heavy atom. The summed E-state index contributed by atoms with van der Waals surface area (Å²) in [6.45, 7) is 2.40. The first-order valence-corrected chi connectivity index (χ1v) is 3.64. The number of rotatable bonds is 1. The first-order valence-electron chi connectivity index (χ1n) is 3.64. The molecule has 0 aromatic carbocycles. The Kier molecular flexibility index (Phi) is 2.65. The highest BCUT2D eigenvalue weighted by molar-refractivity contribution is 4.74. The van der Waals surface area contributed by atoms with E-state index in [0.717, 1.165) is 6.42 Å². The van der Waals surface area contributed by atoms with Gasteiger partial charge in [0, 0.05) is 0 Å². The standard InChI is InChI=1S/C7H14O3/c1-5-2-6(3-8)10-4-7(5)9/h5-9H,2-4H2,1H3/t5-,6-,7?/m0/s1. The molecule has 0 aromatic rings. The SMILES string of the molecule is C[C@H]1C[C@@H](CO)OCC1O. The molecular formula is C7H14O3. The summed E-state index contributed by atoms with van der Waals surface area (Å²) in [7, 11) is 0. The third-order valence-corrected chi connectivity index (χ3v) is 2.00. The van der Waals surface area contributed by atoms with Crippen molar-refractivity contribution in [2.75, 3.05) is 13.2 Å². The summed E-state index contributed by atoms with van der Waals surface area (Å²) in [5.41, 5.74) is 0. The molecule has 0 radical (unpaired) electrons. The molecule has 0 aromatic heterocycles. The highest BCUT2D eigenvalue weighted by Gasteiger charge is 2.25. The van der Waals surface area contributed by atoms with E-state index in [1.807, 2.05) is 6.92 Å². The molecule has 0 amide bonds. The van der Waals surface area contributed by atoms with Gasteiger partial charge in [0.1, 0.15) is 0 Å². The van der Waals surface area contributed by atoms with Crippen molar-refractivity contribution in [1.29, 1.82) is 0 Å². The predicted octanol–water partition coefficient (Wildman–Crippen LogP) is -0.235. The summed E-state index contributed by atoms with van der Waals surface area (Å²) in [4.78, 5) is 0. The van der Waals surface area contributed by atoms with Gasteiger partial charge >= 0.3 is 0 Å². The fraction of sp³-hybridized carbons (Fsp3) is 1.00. The molecular weight excluding hydrogens is 132 g/mol. The second-order valence-electron chi connectivity index (χ2n) is 2.92. The molecule has 1 aliphatic heterocycles. The fourth-order valence-electron chi connectivity index (χ4n) is 1.17. The van der Waals surface area contributed by atoms with Crippen molar-refractivity contribution in [1.82, 2.24) is 0 Å². The van der Waals surface area contributed by atoms with Crippen LogP contribution in [0.5, 0.6) is 0 Å². The zero-order valence-electron chi connectivity index (χ0n) is 6.16. The van der Waals surface area contributed by atoms with Crippen LogP contribution < -0.4 is 0 Å². The minimum atomic E-state index is -0.345. The van der Waals surface area contributed by atoms with Crippen LogP contribution in [-0.4, -0.2) is 35.6 Å². The second kappa shape index (κ2) is 3.32. The lowest BCUT2D eigenvalue weighted by atomic mass is 9.95. The first kappa shape index (κ1) is 7.98. The Morgan fingerprint density at radius 1 is 1.60 bits per heavy atom. The lowest BCUT2D eigenvalue weighted by Gasteiger charge is -2.30. The Bertz CT molecular complexity index is 105.